The number of hydrogen-bond acceptors (Lipinski definition) is 1. The van der Waals surface area contributed by atoms with Crippen LogP contribution in [0.2, 0.25) is 0 Å². The molecule has 3 atom stereocenters. The van der Waals surface area contributed by atoms with Crippen molar-refractivity contribution in [3.05, 3.63) is 28.2 Å². The fourth-order valence-electron chi connectivity index (χ4n) is 3.48. The van der Waals surface area contributed by atoms with Crippen LogP contribution in [0, 0.1) is 18.8 Å². The zero-order chi connectivity index (χ0) is 13.4. The summed E-state index contributed by atoms with van der Waals surface area (Å²) in [5.74, 6) is 1.79. The van der Waals surface area contributed by atoms with Crippen LogP contribution in [0.4, 0.5) is 5.69 Å². The van der Waals surface area contributed by atoms with Crippen LogP contribution in [0.15, 0.2) is 22.7 Å². The number of halogens is 1. The third kappa shape index (κ3) is 2.95. The largest absolute Gasteiger partial charge is 0.359 e. The van der Waals surface area contributed by atoms with Crippen molar-refractivity contribution in [2.45, 2.75) is 38.6 Å². The van der Waals surface area contributed by atoms with Crippen LogP contribution < -0.4 is 10.6 Å². The molecule has 2 fully saturated rings. The molecule has 0 aromatic heterocycles. The molecule has 19 heavy (non-hydrogen) atoms. The van der Waals surface area contributed by atoms with Crippen molar-refractivity contribution in [3.63, 3.8) is 0 Å². The first-order chi connectivity index (χ1) is 9.11. The summed E-state index contributed by atoms with van der Waals surface area (Å²) in [7, 11) is 0. The van der Waals surface area contributed by atoms with E-state index < -0.39 is 0 Å². The van der Waals surface area contributed by atoms with E-state index in [9.17, 15) is 0 Å². The van der Waals surface area contributed by atoms with Gasteiger partial charge in [-0.3, -0.25) is 0 Å². The van der Waals surface area contributed by atoms with E-state index in [1.54, 1.807) is 0 Å². The average Bonchev–Trinajstić information content (AvgIpc) is 2.96. The van der Waals surface area contributed by atoms with E-state index in [1.807, 2.05) is 6.07 Å². The van der Waals surface area contributed by atoms with Gasteiger partial charge in [0, 0.05) is 16.2 Å². The summed E-state index contributed by atoms with van der Waals surface area (Å²) >= 11 is 8.94. The van der Waals surface area contributed by atoms with Crippen LogP contribution >= 0.6 is 28.1 Å². The Labute approximate surface area is 128 Å². The normalized spacial score (nSPS) is 28.4. The van der Waals surface area contributed by atoms with Gasteiger partial charge in [-0.05, 0) is 74.0 Å². The first kappa shape index (κ1) is 13.4. The molecule has 1 aromatic carbocycles. The fourth-order valence-corrected chi connectivity index (χ4v) is 4.00. The maximum absolute atomic E-state index is 5.43. The molecule has 0 saturated heterocycles. The van der Waals surface area contributed by atoms with Crippen molar-refractivity contribution in [2.75, 3.05) is 5.32 Å². The van der Waals surface area contributed by atoms with Gasteiger partial charge in [0.2, 0.25) is 0 Å². The van der Waals surface area contributed by atoms with Gasteiger partial charge in [-0.2, -0.15) is 0 Å². The molecule has 0 heterocycles. The average molecular weight is 339 g/mol. The van der Waals surface area contributed by atoms with Crippen molar-refractivity contribution >= 4 is 38.9 Å². The van der Waals surface area contributed by atoms with Gasteiger partial charge in [-0.1, -0.05) is 22.4 Å². The van der Waals surface area contributed by atoms with E-state index >= 15 is 0 Å². The van der Waals surface area contributed by atoms with Gasteiger partial charge in [0.15, 0.2) is 5.11 Å². The molecular formula is C15H19BrN2S. The monoisotopic (exact) mass is 338 g/mol. The maximum Gasteiger partial charge on any atom is 0.171 e. The van der Waals surface area contributed by atoms with Crippen molar-refractivity contribution in [2.24, 2.45) is 11.8 Å². The lowest BCUT2D eigenvalue weighted by Gasteiger charge is -2.24. The summed E-state index contributed by atoms with van der Waals surface area (Å²) < 4.78 is 1.13. The molecular weight excluding hydrogens is 320 g/mol. The predicted molar refractivity (Wildman–Crippen MR) is 87.5 cm³/mol. The Balaban J connectivity index is 1.57. The van der Waals surface area contributed by atoms with Crippen LogP contribution in [0.3, 0.4) is 0 Å². The summed E-state index contributed by atoms with van der Waals surface area (Å²) in [6.45, 7) is 2.08. The molecule has 2 nitrogen and oxygen atoms in total. The van der Waals surface area contributed by atoms with Crippen LogP contribution in [-0.2, 0) is 0 Å². The third-order valence-corrected chi connectivity index (χ3v) is 5.58. The van der Waals surface area contributed by atoms with E-state index in [4.69, 9.17) is 12.2 Å². The van der Waals surface area contributed by atoms with Crippen molar-refractivity contribution < 1.29 is 0 Å². The van der Waals surface area contributed by atoms with E-state index in [-0.39, 0.29) is 0 Å². The number of aryl methyl sites for hydroxylation is 1. The highest BCUT2D eigenvalue weighted by Crippen LogP contribution is 2.44. The minimum absolute atomic E-state index is 0.593. The topological polar surface area (TPSA) is 24.1 Å². The Morgan fingerprint density at radius 1 is 1.32 bits per heavy atom. The molecule has 102 valence electrons. The first-order valence-electron chi connectivity index (χ1n) is 6.95. The SMILES string of the molecule is Cc1cc(NC(=S)N[C@@H]2C[C@H]3CC[C@H]2C3)ccc1Br. The third-order valence-electron chi connectivity index (χ3n) is 4.47. The van der Waals surface area contributed by atoms with Crippen LogP contribution in [-0.4, -0.2) is 11.2 Å². The molecule has 0 unspecified atom stereocenters. The van der Waals surface area contributed by atoms with Crippen molar-refractivity contribution in [1.82, 2.24) is 5.32 Å². The van der Waals surface area contributed by atoms with E-state index in [0.717, 1.165) is 27.1 Å². The van der Waals surface area contributed by atoms with Crippen LogP contribution in [0.25, 0.3) is 0 Å². The minimum Gasteiger partial charge on any atom is -0.359 e. The van der Waals surface area contributed by atoms with E-state index in [0.29, 0.717) is 6.04 Å². The lowest BCUT2D eigenvalue weighted by Crippen LogP contribution is -2.40. The van der Waals surface area contributed by atoms with Gasteiger partial charge in [0.25, 0.3) is 0 Å². The van der Waals surface area contributed by atoms with Crippen molar-refractivity contribution in [3.8, 4) is 0 Å². The second-order valence-electron chi connectivity index (χ2n) is 5.84. The lowest BCUT2D eigenvalue weighted by molar-refractivity contribution is 0.392. The summed E-state index contributed by atoms with van der Waals surface area (Å²) in [5.41, 5.74) is 2.27. The molecule has 3 rings (SSSR count). The van der Waals surface area contributed by atoms with Crippen LogP contribution in [0.1, 0.15) is 31.2 Å². The maximum atomic E-state index is 5.43. The van der Waals surface area contributed by atoms with Gasteiger partial charge >= 0.3 is 0 Å². The molecule has 2 bridgehead atoms. The number of anilines is 1. The minimum atomic E-state index is 0.593. The second kappa shape index (κ2) is 5.41. The standard InChI is InChI=1S/C15H19BrN2S/c1-9-6-12(4-5-13(9)16)17-15(19)18-14-8-10-2-3-11(14)7-10/h4-6,10-11,14H,2-3,7-8H2,1H3,(H2,17,18,19)/t10-,11-,14+/m0/s1. The first-order valence-corrected chi connectivity index (χ1v) is 8.15. The molecule has 0 amide bonds. The number of hydrogen-bond donors (Lipinski definition) is 2. The number of thiocarbonyl (C=S) groups is 1. The van der Waals surface area contributed by atoms with Crippen LogP contribution in [0.5, 0.6) is 0 Å². The molecule has 2 saturated carbocycles. The highest BCUT2D eigenvalue weighted by Gasteiger charge is 2.39. The fraction of sp³-hybridized carbons (Fsp3) is 0.533. The van der Waals surface area contributed by atoms with Gasteiger partial charge in [0.05, 0.1) is 0 Å². The Morgan fingerprint density at radius 2 is 2.16 bits per heavy atom. The van der Waals surface area contributed by atoms with Gasteiger partial charge in [-0.25, -0.2) is 0 Å². The van der Waals surface area contributed by atoms with Gasteiger partial charge in [0.1, 0.15) is 0 Å². The number of fused-ring (bicyclic) bond motifs is 2. The summed E-state index contributed by atoms with van der Waals surface area (Å²) in [6, 6.07) is 6.80. The molecule has 2 aliphatic carbocycles. The highest BCUT2D eigenvalue weighted by atomic mass is 79.9. The Morgan fingerprint density at radius 3 is 2.79 bits per heavy atom. The molecule has 0 aliphatic heterocycles. The Bertz CT molecular complexity index is 503. The quantitative estimate of drug-likeness (QED) is 0.789. The Kier molecular flexibility index (Phi) is 3.81. The molecule has 0 spiro atoms. The zero-order valence-corrected chi connectivity index (χ0v) is 13.5. The highest BCUT2D eigenvalue weighted by molar-refractivity contribution is 9.10. The van der Waals surface area contributed by atoms with Gasteiger partial charge < -0.3 is 10.6 Å². The number of benzene rings is 1. The van der Waals surface area contributed by atoms with E-state index in [2.05, 4.69) is 45.6 Å². The predicted octanol–water partition coefficient (Wildman–Crippen LogP) is 4.23. The number of nitrogens with one attached hydrogen (secondary N) is 2. The second-order valence-corrected chi connectivity index (χ2v) is 7.11. The van der Waals surface area contributed by atoms with E-state index in [1.165, 1.54) is 31.2 Å². The van der Waals surface area contributed by atoms with Crippen molar-refractivity contribution in [1.29, 1.82) is 0 Å². The Hall–Kier alpha value is -0.610. The molecule has 2 aliphatic rings. The summed E-state index contributed by atoms with van der Waals surface area (Å²) in [6.07, 6.45) is 5.50. The zero-order valence-electron chi connectivity index (χ0n) is 11.1. The summed E-state index contributed by atoms with van der Waals surface area (Å²) in [5, 5.41) is 7.56. The molecule has 1 aromatic rings. The molecule has 2 N–H and O–H groups in total. The lowest BCUT2D eigenvalue weighted by atomic mass is 9.96. The summed E-state index contributed by atoms with van der Waals surface area (Å²) in [4.78, 5) is 0. The smallest absolute Gasteiger partial charge is 0.171 e. The molecule has 0 radical (unpaired) electrons. The number of rotatable bonds is 2. The molecule has 4 heteroatoms. The van der Waals surface area contributed by atoms with Gasteiger partial charge in [-0.15, -0.1) is 0 Å².